The highest BCUT2D eigenvalue weighted by Gasteiger charge is 2.63. The van der Waals surface area contributed by atoms with Gasteiger partial charge in [-0.2, -0.15) is 0 Å². The van der Waals surface area contributed by atoms with Crippen molar-refractivity contribution in [3.05, 3.63) is 0 Å². The van der Waals surface area contributed by atoms with Crippen LogP contribution in [0, 0.1) is 16.7 Å². The van der Waals surface area contributed by atoms with Gasteiger partial charge in [0.2, 0.25) is 6.29 Å². The number of hydrogen-bond acceptors (Lipinski definition) is 5. The van der Waals surface area contributed by atoms with E-state index in [1.165, 1.54) is 20.3 Å². The van der Waals surface area contributed by atoms with E-state index in [-0.39, 0.29) is 16.9 Å². The summed E-state index contributed by atoms with van der Waals surface area (Å²) in [4.78, 5) is 22.6. The molecule has 5 heteroatoms. The third kappa shape index (κ3) is 2.38. The number of esters is 1. The Kier molecular flexibility index (Phi) is 3.73. The van der Waals surface area contributed by atoms with Crippen molar-refractivity contribution in [2.24, 2.45) is 16.7 Å². The van der Waals surface area contributed by atoms with Gasteiger partial charge < -0.3 is 14.2 Å². The van der Waals surface area contributed by atoms with E-state index in [2.05, 4.69) is 20.8 Å². The second kappa shape index (κ2) is 4.93. The normalized spacial score (nSPS) is 35.5. The molecule has 1 unspecified atom stereocenters. The molecule has 114 valence electrons. The third-order valence-electron chi connectivity index (χ3n) is 5.55. The average Bonchev–Trinajstić information content (AvgIpc) is 2.60. The van der Waals surface area contributed by atoms with E-state index < -0.39 is 18.4 Å². The predicted octanol–water partition coefficient (Wildman–Crippen LogP) is 3.26. The topological polar surface area (TPSA) is 61.8 Å². The highest BCUT2D eigenvalue weighted by atomic mass is 16.8. The van der Waals surface area contributed by atoms with Crippen molar-refractivity contribution in [2.45, 2.75) is 66.3 Å². The molecule has 0 aliphatic heterocycles. The molecular weight excluding hydrogens is 260 g/mol. The molecule has 2 aliphatic rings. The van der Waals surface area contributed by atoms with E-state index in [0.29, 0.717) is 5.92 Å². The molecule has 0 amide bonds. The molecule has 0 aromatic carbocycles. The fraction of sp³-hybridized carbons (Fsp3) is 0.867. The standard InChI is InChI=1S/C15H24O5/c1-9(16)18-10(2)19-13(17)20-12-8-11-6-7-15(12,5)14(11,3)4/h10-12H,6-8H2,1-5H3/t10?,11-,12+,15+/m0/s1. The quantitative estimate of drug-likeness (QED) is 0.588. The maximum atomic E-state index is 11.8. The van der Waals surface area contributed by atoms with E-state index in [0.717, 1.165) is 12.8 Å². The minimum absolute atomic E-state index is 0.00135. The summed E-state index contributed by atoms with van der Waals surface area (Å²) in [6.07, 6.45) is 1.37. The van der Waals surface area contributed by atoms with Gasteiger partial charge in [0.1, 0.15) is 6.10 Å². The molecule has 2 bridgehead atoms. The van der Waals surface area contributed by atoms with Gasteiger partial charge in [-0.25, -0.2) is 4.79 Å². The second-order valence-electron chi connectivity index (χ2n) is 6.76. The molecule has 4 atom stereocenters. The minimum atomic E-state index is -0.917. The molecule has 0 heterocycles. The van der Waals surface area contributed by atoms with Gasteiger partial charge in [0.15, 0.2) is 0 Å². The Bertz CT molecular complexity index is 416. The number of rotatable bonds is 3. The fourth-order valence-corrected chi connectivity index (χ4v) is 3.85. The lowest BCUT2D eigenvalue weighted by Crippen LogP contribution is -2.39. The predicted molar refractivity (Wildman–Crippen MR) is 71.8 cm³/mol. The Balaban J connectivity index is 1.92. The molecule has 2 rings (SSSR count). The number of ether oxygens (including phenoxy) is 3. The van der Waals surface area contributed by atoms with Crippen molar-refractivity contribution in [2.75, 3.05) is 0 Å². The average molecular weight is 284 g/mol. The highest BCUT2D eigenvalue weighted by Crippen LogP contribution is 2.66. The molecule has 0 saturated heterocycles. The van der Waals surface area contributed by atoms with Gasteiger partial charge in [-0.1, -0.05) is 20.8 Å². The van der Waals surface area contributed by atoms with Gasteiger partial charge in [0, 0.05) is 19.3 Å². The summed E-state index contributed by atoms with van der Waals surface area (Å²) in [5, 5.41) is 0. The molecule has 2 saturated carbocycles. The summed E-state index contributed by atoms with van der Waals surface area (Å²) in [5.74, 6) is 0.106. The smallest absolute Gasteiger partial charge is 0.430 e. The van der Waals surface area contributed by atoms with Crippen LogP contribution in [0.1, 0.15) is 53.9 Å². The maximum absolute atomic E-state index is 11.8. The maximum Gasteiger partial charge on any atom is 0.511 e. The Labute approximate surface area is 120 Å². The van der Waals surface area contributed by atoms with Crippen molar-refractivity contribution in [1.82, 2.24) is 0 Å². The molecule has 2 aliphatic carbocycles. The molecule has 20 heavy (non-hydrogen) atoms. The van der Waals surface area contributed by atoms with Crippen molar-refractivity contribution in [3.63, 3.8) is 0 Å². The summed E-state index contributed by atoms with van der Waals surface area (Å²) in [7, 11) is 0. The lowest BCUT2D eigenvalue weighted by Gasteiger charge is -2.38. The summed E-state index contributed by atoms with van der Waals surface area (Å²) >= 11 is 0. The molecule has 0 aromatic rings. The van der Waals surface area contributed by atoms with Crippen LogP contribution in [-0.4, -0.2) is 24.5 Å². The van der Waals surface area contributed by atoms with Gasteiger partial charge in [0.05, 0.1) is 0 Å². The number of fused-ring (bicyclic) bond motifs is 2. The van der Waals surface area contributed by atoms with Gasteiger partial charge >= 0.3 is 12.1 Å². The summed E-state index contributed by atoms with van der Waals surface area (Å²) in [5.41, 5.74) is 0.181. The molecule has 0 aromatic heterocycles. The third-order valence-corrected chi connectivity index (χ3v) is 5.55. The van der Waals surface area contributed by atoms with Crippen LogP contribution in [0.5, 0.6) is 0 Å². The molecule has 5 nitrogen and oxygen atoms in total. The van der Waals surface area contributed by atoms with E-state index in [1.54, 1.807) is 0 Å². The first kappa shape index (κ1) is 15.1. The molecular formula is C15H24O5. The van der Waals surface area contributed by atoms with Crippen molar-refractivity contribution < 1.29 is 23.8 Å². The molecule has 2 fully saturated rings. The lowest BCUT2D eigenvalue weighted by molar-refractivity contribution is -0.167. The summed E-state index contributed by atoms with van der Waals surface area (Å²) < 4.78 is 15.2. The van der Waals surface area contributed by atoms with Crippen LogP contribution in [-0.2, 0) is 19.0 Å². The first-order valence-electron chi connectivity index (χ1n) is 7.21. The second-order valence-corrected chi connectivity index (χ2v) is 6.76. The molecule has 0 spiro atoms. The highest BCUT2D eigenvalue weighted by molar-refractivity contribution is 5.66. The van der Waals surface area contributed by atoms with Crippen LogP contribution in [0.4, 0.5) is 4.79 Å². The number of carbonyl (C=O) groups is 2. The van der Waals surface area contributed by atoms with E-state index in [1.807, 2.05) is 0 Å². The van der Waals surface area contributed by atoms with Gasteiger partial charge in [-0.15, -0.1) is 0 Å². The van der Waals surface area contributed by atoms with Crippen LogP contribution in [0.25, 0.3) is 0 Å². The van der Waals surface area contributed by atoms with Crippen molar-refractivity contribution in [1.29, 1.82) is 0 Å². The zero-order chi connectivity index (χ0) is 15.1. The zero-order valence-corrected chi connectivity index (χ0v) is 12.9. The Hall–Kier alpha value is -1.26. The minimum Gasteiger partial charge on any atom is -0.430 e. The van der Waals surface area contributed by atoms with E-state index >= 15 is 0 Å². The largest absolute Gasteiger partial charge is 0.511 e. The van der Waals surface area contributed by atoms with E-state index in [9.17, 15) is 9.59 Å². The Morgan fingerprint density at radius 2 is 1.85 bits per heavy atom. The summed E-state index contributed by atoms with van der Waals surface area (Å²) in [6.45, 7) is 9.45. The van der Waals surface area contributed by atoms with Crippen LogP contribution in [0.15, 0.2) is 0 Å². The summed E-state index contributed by atoms with van der Waals surface area (Å²) in [6, 6.07) is 0. The molecule has 0 N–H and O–H groups in total. The van der Waals surface area contributed by atoms with Gasteiger partial charge in [-0.3, -0.25) is 4.79 Å². The zero-order valence-electron chi connectivity index (χ0n) is 12.9. The van der Waals surface area contributed by atoms with Crippen molar-refractivity contribution in [3.8, 4) is 0 Å². The van der Waals surface area contributed by atoms with Crippen LogP contribution in [0.2, 0.25) is 0 Å². The van der Waals surface area contributed by atoms with Crippen LogP contribution >= 0.6 is 0 Å². The number of hydrogen-bond donors (Lipinski definition) is 0. The van der Waals surface area contributed by atoms with E-state index in [4.69, 9.17) is 14.2 Å². The van der Waals surface area contributed by atoms with Gasteiger partial charge in [0.25, 0.3) is 0 Å². The SMILES string of the molecule is CC(=O)OC(C)OC(=O)O[C@@H]1C[C@@H]2CC[C@@]1(C)C2(C)C. The molecule has 0 radical (unpaired) electrons. The Morgan fingerprint density at radius 3 is 2.30 bits per heavy atom. The first-order chi connectivity index (χ1) is 9.16. The first-order valence-corrected chi connectivity index (χ1v) is 7.21. The monoisotopic (exact) mass is 284 g/mol. The number of carbonyl (C=O) groups excluding carboxylic acids is 2. The van der Waals surface area contributed by atoms with Crippen LogP contribution < -0.4 is 0 Å². The van der Waals surface area contributed by atoms with Crippen LogP contribution in [0.3, 0.4) is 0 Å². The van der Waals surface area contributed by atoms with Gasteiger partial charge in [-0.05, 0) is 30.6 Å². The van der Waals surface area contributed by atoms with Crippen molar-refractivity contribution >= 4 is 12.1 Å². The fourth-order valence-electron chi connectivity index (χ4n) is 3.85. The lowest BCUT2D eigenvalue weighted by atomic mass is 9.70. The Morgan fingerprint density at radius 1 is 1.20 bits per heavy atom.